The van der Waals surface area contributed by atoms with Crippen molar-refractivity contribution in [1.82, 2.24) is 0 Å². The van der Waals surface area contributed by atoms with E-state index in [0.29, 0.717) is 0 Å². The Hall–Kier alpha value is -1.82. The number of fused-ring (bicyclic) bond motifs is 1. The molecule has 0 fully saturated rings. The quantitative estimate of drug-likeness (QED) is 0.584. The summed E-state index contributed by atoms with van der Waals surface area (Å²) in [6.07, 6.45) is 4.34. The summed E-state index contributed by atoms with van der Waals surface area (Å²) in [5.74, 6) is 0.0297. The smallest absolute Gasteiger partial charge is 0.392 e. The van der Waals surface area contributed by atoms with Crippen LogP contribution in [0, 0.1) is 5.39 Å². The van der Waals surface area contributed by atoms with E-state index < -0.39 is 0 Å². The molecule has 0 saturated heterocycles. The summed E-state index contributed by atoms with van der Waals surface area (Å²) >= 11 is 0. The van der Waals surface area contributed by atoms with Crippen molar-refractivity contribution in [2.75, 3.05) is 0 Å². The number of hydrogen-bond donors (Lipinski definition) is 1. The van der Waals surface area contributed by atoms with Gasteiger partial charge >= 0.3 is 6.20 Å². The average Bonchev–Trinajstić information content (AvgIpc) is 2.28. The second-order valence-corrected chi connectivity index (χ2v) is 5.20. The second-order valence-electron chi connectivity index (χ2n) is 5.20. The predicted octanol–water partition coefficient (Wildman–Crippen LogP) is 4.01. The maximum absolute atomic E-state index is 9.85. The Morgan fingerprint density at radius 1 is 1.47 bits per heavy atom. The van der Waals surface area contributed by atoms with Crippen LogP contribution in [0.2, 0.25) is 0 Å². The van der Waals surface area contributed by atoms with Gasteiger partial charge in [-0.1, -0.05) is 32.0 Å². The highest BCUT2D eigenvalue weighted by Gasteiger charge is 2.29. The molecule has 1 aromatic rings. The van der Waals surface area contributed by atoms with Gasteiger partial charge in [0.05, 0.1) is 0 Å². The first kappa shape index (κ1) is 11.7. The van der Waals surface area contributed by atoms with Gasteiger partial charge in [-0.2, -0.15) is 0 Å². The maximum Gasteiger partial charge on any atom is 0.392 e. The first-order valence-corrected chi connectivity index (χ1v) is 5.92. The molecule has 0 atom stereocenters. The zero-order valence-corrected chi connectivity index (χ0v) is 10.3. The summed E-state index contributed by atoms with van der Waals surface area (Å²) in [4.78, 5) is 2.89. The molecule has 0 heterocycles. The van der Waals surface area contributed by atoms with Crippen LogP contribution in [0.1, 0.15) is 43.4 Å². The molecule has 1 aromatic carbocycles. The highest BCUT2D eigenvalue weighted by Crippen LogP contribution is 2.39. The van der Waals surface area contributed by atoms with Crippen molar-refractivity contribution >= 4 is 5.76 Å². The summed E-state index contributed by atoms with van der Waals surface area (Å²) in [5, 5.41) is 18.3. The van der Waals surface area contributed by atoms with Gasteiger partial charge in [-0.3, -0.25) is 0 Å². The van der Waals surface area contributed by atoms with Crippen molar-refractivity contribution in [3.05, 3.63) is 46.1 Å². The van der Waals surface area contributed by atoms with E-state index in [1.54, 1.807) is 0 Å². The van der Waals surface area contributed by atoms with Gasteiger partial charge in [-0.05, 0) is 35.8 Å². The SMILES string of the molecule is CC1(C)CCCc2c(/C(O)=C\[N+]#N)cccc21. The molecule has 0 aromatic heterocycles. The molecule has 1 aliphatic rings. The lowest BCUT2D eigenvalue weighted by Gasteiger charge is -2.33. The van der Waals surface area contributed by atoms with Gasteiger partial charge in [-0.15, -0.1) is 0 Å². The maximum atomic E-state index is 9.85. The van der Waals surface area contributed by atoms with E-state index >= 15 is 0 Å². The Labute approximate surface area is 101 Å². The Morgan fingerprint density at radius 2 is 2.24 bits per heavy atom. The van der Waals surface area contributed by atoms with Crippen molar-refractivity contribution in [2.24, 2.45) is 0 Å². The first-order chi connectivity index (χ1) is 8.06. The van der Waals surface area contributed by atoms with Gasteiger partial charge in [0.2, 0.25) is 11.2 Å². The number of benzene rings is 1. The molecule has 1 aliphatic carbocycles. The monoisotopic (exact) mass is 229 g/mol. The molecule has 3 heteroatoms. The lowest BCUT2D eigenvalue weighted by molar-refractivity contribution is 0.429. The van der Waals surface area contributed by atoms with Gasteiger partial charge < -0.3 is 5.11 Å². The van der Waals surface area contributed by atoms with E-state index in [1.165, 1.54) is 11.1 Å². The number of hydrogen-bond acceptors (Lipinski definition) is 2. The predicted molar refractivity (Wildman–Crippen MR) is 68.1 cm³/mol. The molecule has 0 radical (unpaired) electrons. The largest absolute Gasteiger partial charge is 0.501 e. The third-order valence-corrected chi connectivity index (χ3v) is 3.59. The lowest BCUT2D eigenvalue weighted by atomic mass is 9.71. The van der Waals surface area contributed by atoms with Gasteiger partial charge in [0.25, 0.3) is 0 Å². The molecule has 17 heavy (non-hydrogen) atoms. The normalized spacial score (nSPS) is 18.3. The topological polar surface area (TPSA) is 48.4 Å². The lowest BCUT2D eigenvalue weighted by Crippen LogP contribution is -2.24. The van der Waals surface area contributed by atoms with Crippen LogP contribution >= 0.6 is 0 Å². The molecule has 0 bridgehead atoms. The van der Waals surface area contributed by atoms with Gasteiger partial charge in [0, 0.05) is 5.56 Å². The fourth-order valence-electron chi connectivity index (χ4n) is 2.70. The molecule has 0 aliphatic heterocycles. The van der Waals surface area contributed by atoms with Gasteiger partial charge in [-0.25, -0.2) is 0 Å². The second kappa shape index (κ2) is 4.21. The number of aliphatic hydroxyl groups is 1. The van der Waals surface area contributed by atoms with Crippen molar-refractivity contribution < 1.29 is 5.11 Å². The summed E-state index contributed by atoms with van der Waals surface area (Å²) in [7, 11) is 0. The molecule has 0 amide bonds. The molecule has 0 unspecified atom stereocenters. The minimum Gasteiger partial charge on any atom is -0.501 e. The van der Waals surface area contributed by atoms with E-state index in [9.17, 15) is 5.11 Å². The minimum atomic E-state index is 0.0297. The zero-order valence-electron chi connectivity index (χ0n) is 10.3. The molecule has 2 rings (SSSR count). The standard InChI is InChI=1S/C14H16N2O/c1-14(2)8-4-6-10-11(13(17)9-16-15)5-3-7-12(10)14/h3,5,7,9H,4,6,8H2,1-2H3/p+1/b13-9+. The zero-order chi connectivity index (χ0) is 12.5. The van der Waals surface area contributed by atoms with Crippen LogP contribution in [0.3, 0.4) is 0 Å². The van der Waals surface area contributed by atoms with Gasteiger partial charge in [0.15, 0.2) is 4.98 Å². The van der Waals surface area contributed by atoms with E-state index in [0.717, 1.165) is 31.0 Å². The van der Waals surface area contributed by atoms with Crippen LogP contribution in [0.4, 0.5) is 0 Å². The summed E-state index contributed by atoms with van der Waals surface area (Å²) < 4.78 is 0. The van der Waals surface area contributed by atoms with Crippen LogP contribution in [-0.2, 0) is 11.8 Å². The third-order valence-electron chi connectivity index (χ3n) is 3.59. The van der Waals surface area contributed by atoms with Crippen LogP contribution < -0.4 is 0 Å². The minimum absolute atomic E-state index is 0.0297. The van der Waals surface area contributed by atoms with E-state index in [1.807, 2.05) is 12.1 Å². The summed E-state index contributed by atoms with van der Waals surface area (Å²) in [5.41, 5.74) is 3.41. The van der Waals surface area contributed by atoms with E-state index in [4.69, 9.17) is 5.39 Å². The molecule has 88 valence electrons. The fourth-order valence-corrected chi connectivity index (χ4v) is 2.70. The molecule has 1 N–H and O–H groups in total. The van der Waals surface area contributed by atoms with Crippen molar-refractivity contribution in [3.8, 4) is 0 Å². The number of rotatable bonds is 1. The number of diazo groups is 1. The fraction of sp³-hybridized carbons (Fsp3) is 0.429. The van der Waals surface area contributed by atoms with E-state index in [-0.39, 0.29) is 11.2 Å². The molecular weight excluding hydrogens is 212 g/mol. The number of aliphatic hydroxyl groups excluding tert-OH is 1. The molecule has 3 nitrogen and oxygen atoms in total. The van der Waals surface area contributed by atoms with Crippen LogP contribution in [-0.4, -0.2) is 5.11 Å². The molecule has 0 saturated carbocycles. The van der Waals surface area contributed by atoms with Gasteiger partial charge in [0.1, 0.15) is 0 Å². The van der Waals surface area contributed by atoms with Crippen molar-refractivity contribution in [2.45, 2.75) is 38.5 Å². The molecule has 0 spiro atoms. The van der Waals surface area contributed by atoms with Crippen LogP contribution in [0.15, 0.2) is 24.4 Å². The molecular formula is C14H17N2O+. The summed E-state index contributed by atoms with van der Waals surface area (Å²) in [6, 6.07) is 5.95. The third kappa shape index (κ3) is 2.03. The Bertz CT molecular complexity index is 509. The average molecular weight is 229 g/mol. The highest BCUT2D eigenvalue weighted by atomic mass is 16.3. The first-order valence-electron chi connectivity index (χ1n) is 5.92. The van der Waals surface area contributed by atoms with Crippen molar-refractivity contribution in [1.29, 1.82) is 5.39 Å². The summed E-state index contributed by atoms with van der Waals surface area (Å²) in [6.45, 7) is 4.46. The van der Waals surface area contributed by atoms with E-state index in [2.05, 4.69) is 24.9 Å². The Morgan fingerprint density at radius 3 is 2.94 bits per heavy atom. The Balaban J connectivity index is 2.59. The number of nitrogens with zero attached hydrogens (tertiary/aromatic N) is 2. The van der Waals surface area contributed by atoms with Crippen LogP contribution in [0.5, 0.6) is 0 Å². The Kier molecular flexibility index (Phi) is 2.89. The highest BCUT2D eigenvalue weighted by molar-refractivity contribution is 5.65. The van der Waals surface area contributed by atoms with Crippen molar-refractivity contribution in [3.63, 3.8) is 0 Å². The van der Waals surface area contributed by atoms with Crippen LogP contribution in [0.25, 0.3) is 10.7 Å².